The second-order valence-electron chi connectivity index (χ2n) is 5.62. The van der Waals surface area contributed by atoms with Gasteiger partial charge in [-0.05, 0) is 17.9 Å². The maximum Gasteiger partial charge on any atom is 0.224 e. The van der Waals surface area contributed by atoms with Crippen molar-refractivity contribution in [3.8, 4) is 0 Å². The van der Waals surface area contributed by atoms with E-state index in [1.54, 1.807) is 11.3 Å². The smallest absolute Gasteiger partial charge is 0.224 e. The van der Waals surface area contributed by atoms with E-state index < -0.39 is 0 Å². The average molecular weight is 280 g/mol. The van der Waals surface area contributed by atoms with E-state index in [0.717, 1.165) is 0 Å². The van der Waals surface area contributed by atoms with Crippen LogP contribution < -0.4 is 10.6 Å². The van der Waals surface area contributed by atoms with Gasteiger partial charge in [-0.3, -0.25) is 9.59 Å². The van der Waals surface area contributed by atoms with Crippen molar-refractivity contribution in [1.82, 2.24) is 10.6 Å². The van der Waals surface area contributed by atoms with E-state index in [2.05, 4.69) is 35.9 Å². The van der Waals surface area contributed by atoms with Gasteiger partial charge in [0.05, 0.1) is 5.92 Å². The van der Waals surface area contributed by atoms with Gasteiger partial charge in [0.2, 0.25) is 11.8 Å². The fraction of sp³-hybridized carbons (Fsp3) is 0.571. The zero-order valence-corrected chi connectivity index (χ0v) is 12.2. The molecule has 0 bridgehead atoms. The maximum absolute atomic E-state index is 12.1. The van der Waals surface area contributed by atoms with Crippen molar-refractivity contribution in [1.29, 1.82) is 0 Å². The molecule has 0 aliphatic carbocycles. The number of piperidine rings is 1. The normalized spacial score (nSPS) is 19.9. The van der Waals surface area contributed by atoms with Crippen LogP contribution in [0.1, 0.15) is 31.6 Å². The van der Waals surface area contributed by atoms with E-state index in [1.807, 2.05) is 6.07 Å². The highest BCUT2D eigenvalue weighted by molar-refractivity contribution is 7.10. The third kappa shape index (κ3) is 3.56. The summed E-state index contributed by atoms with van der Waals surface area (Å²) in [7, 11) is 0. The fourth-order valence-corrected chi connectivity index (χ4v) is 3.01. The van der Waals surface area contributed by atoms with Crippen molar-refractivity contribution in [3.63, 3.8) is 0 Å². The summed E-state index contributed by atoms with van der Waals surface area (Å²) >= 11 is 1.71. The maximum atomic E-state index is 12.1. The monoisotopic (exact) mass is 280 g/mol. The molecule has 1 aliphatic heterocycles. The van der Waals surface area contributed by atoms with Gasteiger partial charge in [0.15, 0.2) is 0 Å². The van der Waals surface area contributed by atoms with Crippen LogP contribution in [0.3, 0.4) is 0 Å². The molecule has 1 aromatic rings. The van der Waals surface area contributed by atoms with Crippen LogP contribution in [0.4, 0.5) is 0 Å². The van der Waals surface area contributed by atoms with Gasteiger partial charge in [0.1, 0.15) is 0 Å². The molecule has 1 aromatic heterocycles. The standard InChI is InChI=1S/C14H20N2O2S/c1-14(2,11-4-3-7-19-11)9-16-13(18)10-5-6-12(17)15-8-10/h3-4,7,10H,5-6,8-9H2,1-2H3,(H,15,17)(H,16,18). The van der Waals surface area contributed by atoms with Crippen molar-refractivity contribution in [2.45, 2.75) is 32.1 Å². The van der Waals surface area contributed by atoms with Crippen LogP contribution in [0.5, 0.6) is 0 Å². The van der Waals surface area contributed by atoms with Crippen LogP contribution >= 0.6 is 11.3 Å². The summed E-state index contributed by atoms with van der Waals surface area (Å²) in [6, 6.07) is 4.12. The van der Waals surface area contributed by atoms with Gasteiger partial charge in [-0.2, -0.15) is 0 Å². The summed E-state index contributed by atoms with van der Waals surface area (Å²) in [6.45, 7) is 5.34. The first-order valence-corrected chi connectivity index (χ1v) is 7.45. The third-order valence-electron chi connectivity index (χ3n) is 3.53. The van der Waals surface area contributed by atoms with Gasteiger partial charge in [-0.15, -0.1) is 11.3 Å². The second kappa shape index (κ2) is 5.74. The molecule has 1 saturated heterocycles. The molecule has 19 heavy (non-hydrogen) atoms. The Morgan fingerprint density at radius 2 is 2.37 bits per heavy atom. The lowest BCUT2D eigenvalue weighted by Gasteiger charge is -2.26. The van der Waals surface area contributed by atoms with Crippen LogP contribution in [0.25, 0.3) is 0 Å². The Labute approximate surface area is 117 Å². The topological polar surface area (TPSA) is 58.2 Å². The molecular weight excluding hydrogens is 260 g/mol. The van der Waals surface area contributed by atoms with E-state index >= 15 is 0 Å². The van der Waals surface area contributed by atoms with E-state index in [4.69, 9.17) is 0 Å². The van der Waals surface area contributed by atoms with Crippen LogP contribution in [-0.4, -0.2) is 24.9 Å². The molecule has 4 nitrogen and oxygen atoms in total. The lowest BCUT2D eigenvalue weighted by Crippen LogP contribution is -2.45. The lowest BCUT2D eigenvalue weighted by atomic mass is 9.90. The predicted molar refractivity (Wildman–Crippen MR) is 76.1 cm³/mol. The number of hydrogen-bond acceptors (Lipinski definition) is 3. The highest BCUT2D eigenvalue weighted by atomic mass is 32.1. The van der Waals surface area contributed by atoms with Gasteiger partial charge in [-0.25, -0.2) is 0 Å². The van der Waals surface area contributed by atoms with Crippen LogP contribution in [-0.2, 0) is 15.0 Å². The van der Waals surface area contributed by atoms with Gasteiger partial charge in [-0.1, -0.05) is 19.9 Å². The van der Waals surface area contributed by atoms with E-state index in [1.165, 1.54) is 4.88 Å². The molecule has 1 aliphatic rings. The molecule has 2 heterocycles. The van der Waals surface area contributed by atoms with Crippen molar-refractivity contribution >= 4 is 23.2 Å². The van der Waals surface area contributed by atoms with Crippen molar-refractivity contribution in [2.75, 3.05) is 13.1 Å². The zero-order chi connectivity index (χ0) is 13.9. The number of carbonyl (C=O) groups excluding carboxylic acids is 2. The Balaban J connectivity index is 1.85. The predicted octanol–water partition coefficient (Wildman–Crippen LogP) is 1.67. The van der Waals surface area contributed by atoms with Crippen LogP contribution in [0.2, 0.25) is 0 Å². The Kier molecular flexibility index (Phi) is 4.24. The lowest BCUT2D eigenvalue weighted by molar-refractivity contribution is -0.129. The number of carbonyl (C=O) groups is 2. The minimum atomic E-state index is -0.0863. The fourth-order valence-electron chi connectivity index (χ4n) is 2.16. The van der Waals surface area contributed by atoms with E-state index in [9.17, 15) is 9.59 Å². The minimum Gasteiger partial charge on any atom is -0.355 e. The zero-order valence-electron chi connectivity index (χ0n) is 11.4. The first-order valence-electron chi connectivity index (χ1n) is 6.57. The SMILES string of the molecule is CC(C)(CNC(=O)C1CCC(=O)NC1)c1cccs1. The Bertz CT molecular complexity index is 444. The molecule has 0 aromatic carbocycles. The highest BCUT2D eigenvalue weighted by Gasteiger charge is 2.27. The molecule has 5 heteroatoms. The summed E-state index contributed by atoms with van der Waals surface area (Å²) in [5.41, 5.74) is -0.0538. The molecule has 2 N–H and O–H groups in total. The van der Waals surface area contributed by atoms with Gasteiger partial charge >= 0.3 is 0 Å². The molecule has 1 unspecified atom stereocenters. The molecule has 104 valence electrons. The van der Waals surface area contributed by atoms with E-state index in [-0.39, 0.29) is 23.1 Å². The van der Waals surface area contributed by atoms with Gasteiger partial charge < -0.3 is 10.6 Å². The van der Waals surface area contributed by atoms with Crippen molar-refractivity contribution in [3.05, 3.63) is 22.4 Å². The molecule has 0 radical (unpaired) electrons. The number of amides is 2. The van der Waals surface area contributed by atoms with E-state index in [0.29, 0.717) is 25.9 Å². The molecule has 1 fully saturated rings. The minimum absolute atomic E-state index is 0.0444. The largest absolute Gasteiger partial charge is 0.355 e. The highest BCUT2D eigenvalue weighted by Crippen LogP contribution is 2.26. The Hall–Kier alpha value is -1.36. The van der Waals surface area contributed by atoms with Gasteiger partial charge in [0, 0.05) is 29.8 Å². The molecule has 0 spiro atoms. The third-order valence-corrected chi connectivity index (χ3v) is 4.76. The number of nitrogens with one attached hydrogen (secondary N) is 2. The molecule has 2 amide bonds. The van der Waals surface area contributed by atoms with Crippen LogP contribution in [0, 0.1) is 5.92 Å². The Morgan fingerprint density at radius 1 is 1.58 bits per heavy atom. The summed E-state index contributed by atoms with van der Waals surface area (Å²) in [5, 5.41) is 7.80. The summed E-state index contributed by atoms with van der Waals surface area (Å²) < 4.78 is 0. The second-order valence-corrected chi connectivity index (χ2v) is 6.57. The Morgan fingerprint density at radius 3 is 2.95 bits per heavy atom. The summed E-state index contributed by atoms with van der Waals surface area (Å²) in [5.74, 6) is 0.00410. The summed E-state index contributed by atoms with van der Waals surface area (Å²) in [6.07, 6.45) is 1.10. The van der Waals surface area contributed by atoms with Gasteiger partial charge in [0.25, 0.3) is 0 Å². The number of hydrogen-bond donors (Lipinski definition) is 2. The molecule has 2 rings (SSSR count). The first-order chi connectivity index (χ1) is 8.99. The average Bonchev–Trinajstić information content (AvgIpc) is 2.91. The number of thiophene rings is 1. The summed E-state index contributed by atoms with van der Waals surface area (Å²) in [4.78, 5) is 24.4. The van der Waals surface area contributed by atoms with Crippen LogP contribution in [0.15, 0.2) is 17.5 Å². The number of rotatable bonds is 4. The molecule has 1 atom stereocenters. The molecule has 0 saturated carbocycles. The quantitative estimate of drug-likeness (QED) is 0.881. The first kappa shape index (κ1) is 14.1. The molecular formula is C14H20N2O2S. The van der Waals surface area contributed by atoms with Crippen molar-refractivity contribution in [2.24, 2.45) is 5.92 Å². The van der Waals surface area contributed by atoms with Crippen molar-refractivity contribution < 1.29 is 9.59 Å².